The van der Waals surface area contributed by atoms with Gasteiger partial charge in [-0.2, -0.15) is 0 Å². The molecule has 19 heavy (non-hydrogen) atoms. The maximum Gasteiger partial charge on any atom is 0.303 e. The Morgan fingerprint density at radius 1 is 1.47 bits per heavy atom. The molecule has 0 aliphatic heterocycles. The van der Waals surface area contributed by atoms with Crippen LogP contribution < -0.4 is 0 Å². The van der Waals surface area contributed by atoms with Gasteiger partial charge in [0, 0.05) is 18.6 Å². The lowest BCUT2D eigenvalue weighted by molar-refractivity contribution is -0.137. The first-order valence-corrected chi connectivity index (χ1v) is 6.22. The molecular weight excluding hydrogens is 254 g/mol. The molecule has 1 saturated carbocycles. The molecule has 1 N–H and O–H groups in total. The molecule has 104 valence electrons. The lowest BCUT2D eigenvalue weighted by atomic mass is 9.89. The molecule has 0 bridgehead atoms. The number of hydrogen-bond acceptors (Lipinski definition) is 2. The number of methoxy groups -OCH3 is 1. The van der Waals surface area contributed by atoms with E-state index in [1.807, 2.05) is 0 Å². The molecule has 0 heterocycles. The van der Waals surface area contributed by atoms with Gasteiger partial charge in [-0.1, -0.05) is 6.07 Å². The van der Waals surface area contributed by atoms with Gasteiger partial charge in [-0.15, -0.1) is 0 Å². The van der Waals surface area contributed by atoms with Crippen LogP contribution in [0.1, 0.15) is 36.3 Å². The lowest BCUT2D eigenvalue weighted by Crippen LogP contribution is -2.12. The summed E-state index contributed by atoms with van der Waals surface area (Å²) in [6, 6.07) is 2.54. The number of carbonyl (C=O) groups is 1. The first-order chi connectivity index (χ1) is 9.04. The van der Waals surface area contributed by atoms with Gasteiger partial charge in [0.2, 0.25) is 0 Å². The van der Waals surface area contributed by atoms with E-state index in [-0.39, 0.29) is 30.4 Å². The number of rotatable bonds is 6. The molecule has 1 unspecified atom stereocenters. The summed E-state index contributed by atoms with van der Waals surface area (Å²) in [5, 5.41) is 8.92. The van der Waals surface area contributed by atoms with Crippen molar-refractivity contribution in [3.8, 4) is 0 Å². The normalized spacial score (nSPS) is 16.4. The minimum absolute atomic E-state index is 0.125. The largest absolute Gasteiger partial charge is 0.481 e. The van der Waals surface area contributed by atoms with Crippen molar-refractivity contribution in [1.82, 2.24) is 0 Å². The Hall–Kier alpha value is -1.49. The van der Waals surface area contributed by atoms with Crippen molar-refractivity contribution in [2.75, 3.05) is 7.11 Å². The predicted octanol–water partition coefficient (Wildman–Crippen LogP) is 3.08. The molecule has 2 rings (SSSR count). The molecule has 0 spiro atoms. The lowest BCUT2D eigenvalue weighted by Gasteiger charge is -2.17. The van der Waals surface area contributed by atoms with Crippen molar-refractivity contribution >= 4 is 5.97 Å². The average molecular weight is 270 g/mol. The Morgan fingerprint density at radius 2 is 2.16 bits per heavy atom. The van der Waals surface area contributed by atoms with Gasteiger partial charge in [0.25, 0.3) is 0 Å². The first-order valence-electron chi connectivity index (χ1n) is 6.22. The fraction of sp³-hybridized carbons (Fsp3) is 0.500. The van der Waals surface area contributed by atoms with E-state index in [1.165, 1.54) is 19.2 Å². The summed E-state index contributed by atoms with van der Waals surface area (Å²) in [5.41, 5.74) is 0.161. The summed E-state index contributed by atoms with van der Waals surface area (Å²) in [6.45, 7) is -0.157. The van der Waals surface area contributed by atoms with E-state index in [1.54, 1.807) is 0 Å². The third-order valence-corrected chi connectivity index (χ3v) is 3.49. The van der Waals surface area contributed by atoms with Crippen LogP contribution in [-0.2, 0) is 16.1 Å². The third-order valence-electron chi connectivity index (χ3n) is 3.49. The number of aliphatic carboxylic acids is 1. The topological polar surface area (TPSA) is 46.5 Å². The quantitative estimate of drug-likeness (QED) is 0.864. The van der Waals surface area contributed by atoms with Crippen LogP contribution in [0.4, 0.5) is 8.78 Å². The minimum Gasteiger partial charge on any atom is -0.481 e. The van der Waals surface area contributed by atoms with E-state index in [4.69, 9.17) is 9.84 Å². The molecule has 1 aliphatic carbocycles. The van der Waals surface area contributed by atoms with Gasteiger partial charge in [0.1, 0.15) is 11.6 Å². The van der Waals surface area contributed by atoms with E-state index in [9.17, 15) is 13.6 Å². The van der Waals surface area contributed by atoms with Crippen molar-refractivity contribution in [2.24, 2.45) is 5.92 Å². The number of ether oxygens (including phenoxy) is 1. The average Bonchev–Trinajstić information content (AvgIpc) is 3.16. The van der Waals surface area contributed by atoms with Gasteiger partial charge in [-0.25, -0.2) is 8.78 Å². The Balaban J connectivity index is 2.36. The Bertz CT molecular complexity index is 484. The van der Waals surface area contributed by atoms with Crippen LogP contribution in [0.15, 0.2) is 12.1 Å². The van der Waals surface area contributed by atoms with Crippen LogP contribution in [-0.4, -0.2) is 18.2 Å². The molecule has 1 aromatic rings. The van der Waals surface area contributed by atoms with Gasteiger partial charge >= 0.3 is 5.97 Å². The zero-order valence-electron chi connectivity index (χ0n) is 10.7. The van der Waals surface area contributed by atoms with Crippen LogP contribution in [0.2, 0.25) is 0 Å². The molecule has 1 fully saturated rings. The monoisotopic (exact) mass is 270 g/mol. The van der Waals surface area contributed by atoms with Crippen molar-refractivity contribution in [3.05, 3.63) is 34.9 Å². The smallest absolute Gasteiger partial charge is 0.303 e. The second-order valence-corrected chi connectivity index (χ2v) is 4.90. The van der Waals surface area contributed by atoms with Crippen LogP contribution in [0, 0.1) is 17.6 Å². The standard InChI is InChI=1S/C14H16F2O3/c1-19-7-11-12(15)5-4-9(14(11)16)10(6-13(17)18)8-2-3-8/h4-5,8,10H,2-3,6-7H2,1H3,(H,17,18). The summed E-state index contributed by atoms with van der Waals surface area (Å²) < 4.78 is 32.6. The molecule has 0 radical (unpaired) electrons. The highest BCUT2D eigenvalue weighted by molar-refractivity contribution is 5.68. The second-order valence-electron chi connectivity index (χ2n) is 4.90. The zero-order chi connectivity index (χ0) is 14.0. The van der Waals surface area contributed by atoms with Crippen molar-refractivity contribution in [2.45, 2.75) is 31.8 Å². The highest BCUT2D eigenvalue weighted by Gasteiger charge is 2.36. The molecule has 5 heteroatoms. The van der Waals surface area contributed by atoms with Crippen molar-refractivity contribution in [3.63, 3.8) is 0 Å². The summed E-state index contributed by atoms with van der Waals surface area (Å²) in [6.07, 6.45) is 1.67. The summed E-state index contributed by atoms with van der Waals surface area (Å²) in [7, 11) is 1.36. The number of benzene rings is 1. The Morgan fingerprint density at radius 3 is 2.68 bits per heavy atom. The van der Waals surface area contributed by atoms with Gasteiger partial charge in [-0.05, 0) is 30.4 Å². The summed E-state index contributed by atoms with van der Waals surface area (Å²) in [5.74, 6) is -2.48. The molecule has 0 saturated heterocycles. The van der Waals surface area contributed by atoms with E-state index >= 15 is 0 Å². The van der Waals surface area contributed by atoms with E-state index in [0.717, 1.165) is 12.8 Å². The van der Waals surface area contributed by atoms with Gasteiger partial charge < -0.3 is 9.84 Å². The summed E-state index contributed by atoms with van der Waals surface area (Å²) in [4.78, 5) is 10.9. The second kappa shape index (κ2) is 5.65. The van der Waals surface area contributed by atoms with Crippen LogP contribution in [0.5, 0.6) is 0 Å². The molecule has 1 aromatic carbocycles. The number of carboxylic acid groups (broad SMARTS) is 1. The third kappa shape index (κ3) is 3.10. The van der Waals surface area contributed by atoms with Crippen LogP contribution >= 0.6 is 0 Å². The number of hydrogen-bond donors (Lipinski definition) is 1. The minimum atomic E-state index is -0.964. The molecular formula is C14H16F2O3. The van der Waals surface area contributed by atoms with Crippen molar-refractivity contribution in [1.29, 1.82) is 0 Å². The first kappa shape index (κ1) is 13.9. The van der Waals surface area contributed by atoms with Gasteiger partial charge in [0.05, 0.1) is 13.0 Å². The van der Waals surface area contributed by atoms with Gasteiger partial charge in [-0.3, -0.25) is 4.79 Å². The van der Waals surface area contributed by atoms with E-state index in [2.05, 4.69) is 0 Å². The molecule has 1 atom stereocenters. The van der Waals surface area contributed by atoms with Crippen molar-refractivity contribution < 1.29 is 23.4 Å². The number of carboxylic acids is 1. The Labute approximate surface area is 110 Å². The highest BCUT2D eigenvalue weighted by atomic mass is 19.1. The maximum atomic E-state index is 14.3. The SMILES string of the molecule is COCc1c(F)ccc(C(CC(=O)O)C2CC2)c1F. The highest BCUT2D eigenvalue weighted by Crippen LogP contribution is 2.45. The van der Waals surface area contributed by atoms with E-state index in [0.29, 0.717) is 5.56 Å². The van der Waals surface area contributed by atoms with Crippen LogP contribution in [0.25, 0.3) is 0 Å². The fourth-order valence-electron chi connectivity index (χ4n) is 2.40. The van der Waals surface area contributed by atoms with Crippen LogP contribution in [0.3, 0.4) is 0 Å². The molecule has 3 nitrogen and oxygen atoms in total. The predicted molar refractivity (Wildman–Crippen MR) is 64.8 cm³/mol. The maximum absolute atomic E-state index is 14.3. The van der Waals surface area contributed by atoms with Gasteiger partial charge in [0.15, 0.2) is 0 Å². The Kier molecular flexibility index (Phi) is 4.14. The zero-order valence-corrected chi connectivity index (χ0v) is 10.7. The molecule has 0 amide bonds. The number of halogens is 2. The van der Waals surface area contributed by atoms with E-state index < -0.39 is 17.6 Å². The molecule has 1 aliphatic rings. The fourth-order valence-corrected chi connectivity index (χ4v) is 2.40. The summed E-state index contributed by atoms with van der Waals surface area (Å²) >= 11 is 0. The molecule has 0 aromatic heterocycles.